The Bertz CT molecular complexity index is 1300. The summed E-state index contributed by atoms with van der Waals surface area (Å²) < 4.78 is 10.7. The first-order valence-corrected chi connectivity index (χ1v) is 16.0. The van der Waals surface area contributed by atoms with Crippen molar-refractivity contribution >= 4 is 11.7 Å². The minimum absolute atomic E-state index is 0.166. The van der Waals surface area contributed by atoms with Crippen molar-refractivity contribution < 1.29 is 24.2 Å². The summed E-state index contributed by atoms with van der Waals surface area (Å²) in [5, 5.41) is 10.6. The topological polar surface area (TPSA) is 76.1 Å². The highest BCUT2D eigenvalue weighted by Gasteiger charge is 2.58. The minimum Gasteiger partial charge on any atom is -0.508 e. The second kappa shape index (κ2) is 12.7. The number of hydrogen-bond acceptors (Lipinski definition) is 5. The van der Waals surface area contributed by atoms with Crippen LogP contribution in [-0.2, 0) is 28.9 Å². The molecule has 2 fully saturated rings. The number of amides is 1. The summed E-state index contributed by atoms with van der Waals surface area (Å²) in [6, 6.07) is 10.2. The van der Waals surface area contributed by atoms with E-state index in [0.29, 0.717) is 66.1 Å². The van der Waals surface area contributed by atoms with Crippen molar-refractivity contribution in [3.8, 4) is 17.2 Å². The van der Waals surface area contributed by atoms with Crippen LogP contribution in [0.3, 0.4) is 0 Å². The molecule has 3 aliphatic carbocycles. The molecule has 0 radical (unpaired) electrons. The third-order valence-electron chi connectivity index (χ3n) is 10.9. The Morgan fingerprint density at radius 3 is 2.62 bits per heavy atom. The molecule has 0 spiro atoms. The maximum absolute atomic E-state index is 13.4. The van der Waals surface area contributed by atoms with Crippen molar-refractivity contribution in [2.45, 2.75) is 90.4 Å². The van der Waals surface area contributed by atoms with E-state index in [-0.39, 0.29) is 11.3 Å². The van der Waals surface area contributed by atoms with Gasteiger partial charge >= 0.3 is 0 Å². The number of benzene rings is 2. The third-order valence-corrected chi connectivity index (χ3v) is 10.9. The van der Waals surface area contributed by atoms with Gasteiger partial charge in [-0.3, -0.25) is 9.59 Å². The number of Topliss-reactive ketones (excluding diaryl/α,β-unsaturated/α-hetero) is 1. The predicted molar refractivity (Wildman–Crippen MR) is 165 cm³/mol. The molecule has 5 atom stereocenters. The standard InChI is InChI=1S/C36H49NO5/c1-6-8-25-20-29-24(21-30(25)38)12-13-28-27(29)15-17-36(2)33(39)22-26(35(28)36)9-7-10-34(40)37(3)18-16-23-11-14-31(41-4)32(19-23)42-5/h11,14,19-21,26-28,35,38H,6-10,12-13,15-18,22H2,1-5H3/t26-,27+,28-,35+,36-/m1/s1. The highest BCUT2D eigenvalue weighted by atomic mass is 16.5. The summed E-state index contributed by atoms with van der Waals surface area (Å²) in [6.07, 6.45) is 9.70. The second-order valence-corrected chi connectivity index (χ2v) is 13.3. The lowest BCUT2D eigenvalue weighted by atomic mass is 9.54. The van der Waals surface area contributed by atoms with E-state index in [2.05, 4.69) is 19.9 Å². The molecule has 0 aliphatic heterocycles. The first-order valence-electron chi connectivity index (χ1n) is 16.0. The Balaban J connectivity index is 1.20. The van der Waals surface area contributed by atoms with Gasteiger partial charge in [-0.1, -0.05) is 32.4 Å². The monoisotopic (exact) mass is 575 g/mol. The van der Waals surface area contributed by atoms with Crippen molar-refractivity contribution in [3.63, 3.8) is 0 Å². The van der Waals surface area contributed by atoms with Crippen LogP contribution in [0.25, 0.3) is 0 Å². The molecule has 6 heteroatoms. The molecule has 1 N–H and O–H groups in total. The van der Waals surface area contributed by atoms with Gasteiger partial charge in [-0.15, -0.1) is 0 Å². The highest BCUT2D eigenvalue weighted by Crippen LogP contribution is 2.62. The average Bonchev–Trinajstić information content (AvgIpc) is 3.25. The van der Waals surface area contributed by atoms with Gasteiger partial charge in [0.05, 0.1) is 14.2 Å². The van der Waals surface area contributed by atoms with Crippen LogP contribution in [0.2, 0.25) is 0 Å². The van der Waals surface area contributed by atoms with Gasteiger partial charge in [0.15, 0.2) is 11.5 Å². The number of hydrogen-bond donors (Lipinski definition) is 1. The van der Waals surface area contributed by atoms with Crippen LogP contribution < -0.4 is 9.47 Å². The summed E-state index contributed by atoms with van der Waals surface area (Å²) in [5.41, 5.74) is 4.68. The normalized spacial score (nSPS) is 26.3. The zero-order valence-corrected chi connectivity index (χ0v) is 26.2. The smallest absolute Gasteiger partial charge is 0.222 e. The second-order valence-electron chi connectivity index (χ2n) is 13.3. The van der Waals surface area contributed by atoms with Gasteiger partial charge in [-0.2, -0.15) is 0 Å². The lowest BCUT2D eigenvalue weighted by Crippen LogP contribution is -2.44. The van der Waals surface area contributed by atoms with Gasteiger partial charge in [-0.25, -0.2) is 0 Å². The molecule has 228 valence electrons. The van der Waals surface area contributed by atoms with Crippen LogP contribution in [-0.4, -0.2) is 49.5 Å². The van der Waals surface area contributed by atoms with Crippen molar-refractivity contribution in [2.75, 3.05) is 27.8 Å². The summed E-state index contributed by atoms with van der Waals surface area (Å²) in [6.45, 7) is 5.04. The lowest BCUT2D eigenvalue weighted by molar-refractivity contribution is -0.130. The number of rotatable bonds is 11. The fraction of sp³-hybridized carbons (Fsp3) is 0.611. The molecular weight excluding hydrogens is 526 g/mol. The predicted octanol–water partition coefficient (Wildman–Crippen LogP) is 6.88. The quantitative estimate of drug-likeness (QED) is 0.316. The largest absolute Gasteiger partial charge is 0.508 e. The molecular formula is C36H49NO5. The third kappa shape index (κ3) is 5.78. The number of ketones is 1. The Labute approximate surface area is 251 Å². The SMILES string of the molecule is CCCc1cc2c(cc1O)CC[C@H]1[C@@H]3[C@H](CCCC(=O)N(C)CCc4ccc(OC)c(OC)c4)CC(=O)[C@@]3(C)CC[C@H]21. The van der Waals surface area contributed by atoms with Crippen molar-refractivity contribution in [1.29, 1.82) is 0 Å². The average molecular weight is 576 g/mol. The van der Waals surface area contributed by atoms with Crippen molar-refractivity contribution in [1.82, 2.24) is 4.90 Å². The number of fused-ring (bicyclic) bond motifs is 5. The van der Waals surface area contributed by atoms with Gasteiger partial charge in [0.1, 0.15) is 11.5 Å². The van der Waals surface area contributed by atoms with E-state index in [1.165, 1.54) is 11.1 Å². The van der Waals surface area contributed by atoms with Crippen LogP contribution >= 0.6 is 0 Å². The van der Waals surface area contributed by atoms with Crippen molar-refractivity contribution in [3.05, 3.63) is 52.6 Å². The molecule has 5 rings (SSSR count). The first kappa shape index (κ1) is 30.4. The summed E-state index contributed by atoms with van der Waals surface area (Å²) in [4.78, 5) is 28.3. The van der Waals surface area contributed by atoms with Gasteiger partial charge < -0.3 is 19.5 Å². The summed E-state index contributed by atoms with van der Waals surface area (Å²) >= 11 is 0. The summed E-state index contributed by atoms with van der Waals surface area (Å²) in [7, 11) is 5.14. The molecule has 2 aromatic rings. The van der Waals surface area contributed by atoms with E-state index in [9.17, 15) is 14.7 Å². The molecule has 0 aromatic heterocycles. The Hall–Kier alpha value is -3.02. The fourth-order valence-electron chi connectivity index (χ4n) is 8.61. The lowest BCUT2D eigenvalue weighted by Gasteiger charge is -2.50. The number of methoxy groups -OCH3 is 2. The van der Waals surface area contributed by atoms with E-state index in [4.69, 9.17) is 9.47 Å². The van der Waals surface area contributed by atoms with Gasteiger partial charge in [0, 0.05) is 31.8 Å². The minimum atomic E-state index is -0.229. The zero-order valence-electron chi connectivity index (χ0n) is 26.2. The number of ether oxygens (including phenoxy) is 2. The molecule has 0 bridgehead atoms. The van der Waals surface area contributed by atoms with E-state index < -0.39 is 0 Å². The molecule has 2 aromatic carbocycles. The van der Waals surface area contributed by atoms with E-state index in [0.717, 1.165) is 68.9 Å². The molecule has 2 saturated carbocycles. The maximum Gasteiger partial charge on any atom is 0.222 e. The first-order chi connectivity index (χ1) is 20.2. The molecule has 0 unspecified atom stereocenters. The number of phenolic OH excluding ortho intramolecular Hbond substituents is 1. The maximum atomic E-state index is 13.4. The van der Waals surface area contributed by atoms with E-state index in [1.54, 1.807) is 14.2 Å². The number of aromatic hydroxyl groups is 1. The van der Waals surface area contributed by atoms with E-state index in [1.807, 2.05) is 36.2 Å². The molecule has 42 heavy (non-hydrogen) atoms. The molecule has 6 nitrogen and oxygen atoms in total. The molecule has 0 heterocycles. The number of carbonyl (C=O) groups excluding carboxylic acids is 2. The van der Waals surface area contributed by atoms with Crippen LogP contribution in [0, 0.1) is 23.2 Å². The Morgan fingerprint density at radius 1 is 1.10 bits per heavy atom. The van der Waals surface area contributed by atoms with Gasteiger partial charge in [0.2, 0.25) is 5.91 Å². The zero-order chi connectivity index (χ0) is 30.0. The molecule has 1 amide bonds. The summed E-state index contributed by atoms with van der Waals surface area (Å²) in [5.74, 6) is 4.18. The highest BCUT2D eigenvalue weighted by molar-refractivity contribution is 5.87. The fourth-order valence-corrected chi connectivity index (χ4v) is 8.61. The molecule has 0 saturated heterocycles. The van der Waals surface area contributed by atoms with Gasteiger partial charge in [0.25, 0.3) is 0 Å². The number of aryl methyl sites for hydroxylation is 2. The Morgan fingerprint density at radius 2 is 1.88 bits per heavy atom. The van der Waals surface area contributed by atoms with Crippen LogP contribution in [0.4, 0.5) is 0 Å². The Kier molecular flexibility index (Phi) is 9.20. The van der Waals surface area contributed by atoms with Crippen LogP contribution in [0.1, 0.15) is 93.4 Å². The van der Waals surface area contributed by atoms with Crippen LogP contribution in [0.15, 0.2) is 30.3 Å². The van der Waals surface area contributed by atoms with Gasteiger partial charge in [-0.05, 0) is 115 Å². The number of likely N-dealkylation sites (N-methyl/N-ethyl adjacent to an activating group) is 1. The number of phenols is 1. The number of nitrogens with zero attached hydrogens (tertiary/aromatic N) is 1. The van der Waals surface area contributed by atoms with Crippen molar-refractivity contribution in [2.24, 2.45) is 23.2 Å². The number of carbonyl (C=O) groups is 2. The van der Waals surface area contributed by atoms with Crippen LogP contribution in [0.5, 0.6) is 17.2 Å². The molecule has 3 aliphatic rings. The van der Waals surface area contributed by atoms with E-state index >= 15 is 0 Å².